The zero-order chi connectivity index (χ0) is 26.0. The van der Waals surface area contributed by atoms with Crippen molar-refractivity contribution in [1.29, 1.82) is 0 Å². The van der Waals surface area contributed by atoms with Crippen LogP contribution in [0.1, 0.15) is 34.4 Å². The molecule has 37 heavy (non-hydrogen) atoms. The summed E-state index contributed by atoms with van der Waals surface area (Å²) in [4.78, 5) is 17.6. The van der Waals surface area contributed by atoms with Crippen LogP contribution in [-0.4, -0.2) is 27.8 Å². The molecule has 0 aliphatic heterocycles. The van der Waals surface area contributed by atoms with Gasteiger partial charge in [0.15, 0.2) is 5.01 Å². The van der Waals surface area contributed by atoms with Gasteiger partial charge in [-0.05, 0) is 61.5 Å². The predicted octanol–water partition coefficient (Wildman–Crippen LogP) is 6.01. The zero-order valence-electron chi connectivity index (χ0n) is 20.6. The van der Waals surface area contributed by atoms with Crippen molar-refractivity contribution >= 4 is 28.1 Å². The van der Waals surface area contributed by atoms with E-state index >= 15 is 0 Å². The van der Waals surface area contributed by atoms with Gasteiger partial charge in [0, 0.05) is 28.4 Å². The van der Waals surface area contributed by atoms with Crippen molar-refractivity contribution in [3.8, 4) is 17.2 Å². The summed E-state index contributed by atoms with van der Waals surface area (Å²) >= 11 is 1.28. The molecule has 1 atom stereocenters. The molecule has 0 aliphatic rings. The van der Waals surface area contributed by atoms with Gasteiger partial charge in [-0.1, -0.05) is 19.1 Å². The molecule has 0 fully saturated rings. The average molecular weight is 517 g/mol. The molecule has 1 N–H and O–H groups in total. The van der Waals surface area contributed by atoms with Crippen LogP contribution < -0.4 is 14.8 Å². The van der Waals surface area contributed by atoms with Crippen LogP contribution in [0.4, 0.5) is 4.39 Å². The number of fused-ring (bicyclic) bond motifs is 1. The number of hydrogen-bond acceptors (Lipinski definition) is 6. The lowest BCUT2D eigenvalue weighted by atomic mass is 9.99. The molecule has 1 unspecified atom stereocenters. The summed E-state index contributed by atoms with van der Waals surface area (Å²) in [6.07, 6.45) is 2.16. The average Bonchev–Trinajstić information content (AvgIpc) is 3.55. The van der Waals surface area contributed by atoms with Crippen LogP contribution in [0.2, 0.25) is 0 Å². The van der Waals surface area contributed by atoms with Gasteiger partial charge >= 0.3 is 0 Å². The van der Waals surface area contributed by atoms with Gasteiger partial charge in [-0.2, -0.15) is 5.10 Å². The number of thiazole rings is 1. The van der Waals surface area contributed by atoms with E-state index in [0.717, 1.165) is 27.8 Å². The van der Waals surface area contributed by atoms with E-state index < -0.39 is 5.72 Å². The molecule has 0 bridgehead atoms. The van der Waals surface area contributed by atoms with Gasteiger partial charge < -0.3 is 14.8 Å². The highest BCUT2D eigenvalue weighted by Crippen LogP contribution is 2.33. The molecular weight excluding hydrogens is 491 g/mol. The monoisotopic (exact) mass is 516 g/mol. The number of rotatable bonds is 8. The Balaban J connectivity index is 1.53. The van der Waals surface area contributed by atoms with E-state index in [4.69, 9.17) is 9.47 Å². The Morgan fingerprint density at radius 2 is 1.92 bits per heavy atom. The number of aryl methyl sites for hydroxylation is 1. The molecule has 7 nitrogen and oxygen atoms in total. The number of ether oxygens (including phenoxy) is 2. The van der Waals surface area contributed by atoms with Gasteiger partial charge in [0.25, 0.3) is 5.91 Å². The van der Waals surface area contributed by atoms with Crippen molar-refractivity contribution in [3.05, 3.63) is 100 Å². The standard InChI is InChI=1S/C28H25FN4O3S/c1-4-28(20-6-5-7-23(15-20)35-3,32-26(34)27-31-18(2)17-37-27)36-24-12-13-25-19(14-24)16-30-33(25)22-10-8-21(29)9-11-22/h5-17H,4H2,1-3H3,(H,32,34). The van der Waals surface area contributed by atoms with Crippen molar-refractivity contribution in [3.63, 3.8) is 0 Å². The largest absolute Gasteiger partial charge is 0.497 e. The minimum atomic E-state index is -1.19. The van der Waals surface area contributed by atoms with Crippen molar-refractivity contribution in [2.24, 2.45) is 0 Å². The number of nitrogens with one attached hydrogen (secondary N) is 1. The minimum Gasteiger partial charge on any atom is -0.497 e. The third-order valence-electron chi connectivity index (χ3n) is 6.07. The fraction of sp³-hybridized carbons (Fsp3) is 0.179. The lowest BCUT2D eigenvalue weighted by Crippen LogP contribution is -2.50. The first-order chi connectivity index (χ1) is 17.9. The topological polar surface area (TPSA) is 78.3 Å². The quantitative estimate of drug-likeness (QED) is 0.256. The van der Waals surface area contributed by atoms with Crippen LogP contribution in [-0.2, 0) is 5.72 Å². The SMILES string of the molecule is CCC(NC(=O)c1nc(C)cs1)(Oc1ccc2c(cnn2-c2ccc(F)cc2)c1)c1cccc(OC)c1. The van der Waals surface area contributed by atoms with Crippen LogP contribution in [0.5, 0.6) is 11.5 Å². The second-order valence-electron chi connectivity index (χ2n) is 8.52. The number of nitrogens with zero attached hydrogens (tertiary/aromatic N) is 3. The molecule has 0 spiro atoms. The Labute approximate surface area is 217 Å². The van der Waals surface area contributed by atoms with Crippen molar-refractivity contribution < 1.29 is 18.7 Å². The lowest BCUT2D eigenvalue weighted by molar-refractivity contribution is 0.0229. The van der Waals surface area contributed by atoms with E-state index in [1.807, 2.05) is 61.7 Å². The Kier molecular flexibility index (Phi) is 6.62. The molecule has 9 heteroatoms. The van der Waals surface area contributed by atoms with E-state index in [9.17, 15) is 9.18 Å². The number of carbonyl (C=O) groups is 1. The Morgan fingerprint density at radius 1 is 1.11 bits per heavy atom. The summed E-state index contributed by atoms with van der Waals surface area (Å²) in [6.45, 7) is 3.79. The summed E-state index contributed by atoms with van der Waals surface area (Å²) in [5.74, 6) is 0.563. The fourth-order valence-corrected chi connectivity index (χ4v) is 4.84. The van der Waals surface area contributed by atoms with Gasteiger partial charge in [0.05, 0.1) is 24.5 Å². The van der Waals surface area contributed by atoms with Gasteiger partial charge in [-0.15, -0.1) is 11.3 Å². The van der Waals surface area contributed by atoms with Crippen LogP contribution in [0, 0.1) is 12.7 Å². The molecule has 5 aromatic rings. The normalized spacial score (nSPS) is 12.8. The number of halogens is 1. The molecule has 2 heterocycles. The maximum absolute atomic E-state index is 13.4. The Morgan fingerprint density at radius 3 is 2.62 bits per heavy atom. The molecular formula is C28H25FN4O3S. The predicted molar refractivity (Wildman–Crippen MR) is 141 cm³/mol. The number of amides is 1. The molecule has 3 aromatic carbocycles. The maximum Gasteiger partial charge on any atom is 0.283 e. The second kappa shape index (κ2) is 10.0. The van der Waals surface area contributed by atoms with Gasteiger partial charge in [-0.25, -0.2) is 14.1 Å². The number of benzene rings is 3. The molecule has 0 aliphatic carbocycles. The molecule has 1 amide bonds. The first kappa shape index (κ1) is 24.5. The summed E-state index contributed by atoms with van der Waals surface area (Å²) in [5, 5.41) is 10.6. The van der Waals surface area contributed by atoms with E-state index in [1.54, 1.807) is 30.1 Å². The van der Waals surface area contributed by atoms with E-state index in [1.165, 1.54) is 23.5 Å². The van der Waals surface area contributed by atoms with E-state index in [-0.39, 0.29) is 11.7 Å². The van der Waals surface area contributed by atoms with Crippen LogP contribution in [0.3, 0.4) is 0 Å². The molecule has 0 saturated carbocycles. The number of aromatic nitrogens is 3. The molecule has 5 rings (SSSR count). The summed E-state index contributed by atoms with van der Waals surface area (Å²) in [5.41, 5.74) is 1.91. The van der Waals surface area contributed by atoms with Gasteiger partial charge in [0.1, 0.15) is 17.3 Å². The lowest BCUT2D eigenvalue weighted by Gasteiger charge is -2.35. The minimum absolute atomic E-state index is 0.306. The summed E-state index contributed by atoms with van der Waals surface area (Å²) < 4.78 is 27.1. The van der Waals surface area contributed by atoms with Gasteiger partial charge in [-0.3, -0.25) is 4.79 Å². The highest BCUT2D eigenvalue weighted by molar-refractivity contribution is 7.11. The Hall–Kier alpha value is -4.24. The van der Waals surface area contributed by atoms with Crippen LogP contribution in [0.15, 0.2) is 78.3 Å². The molecule has 0 radical (unpaired) electrons. The second-order valence-corrected chi connectivity index (χ2v) is 9.37. The number of methoxy groups -OCH3 is 1. The summed E-state index contributed by atoms with van der Waals surface area (Å²) in [6, 6.07) is 19.2. The summed E-state index contributed by atoms with van der Waals surface area (Å²) in [7, 11) is 1.59. The van der Waals surface area contributed by atoms with Crippen molar-refractivity contribution in [2.75, 3.05) is 7.11 Å². The number of hydrogen-bond donors (Lipinski definition) is 1. The zero-order valence-corrected chi connectivity index (χ0v) is 21.4. The molecule has 188 valence electrons. The van der Waals surface area contributed by atoms with Gasteiger partial charge in [0.2, 0.25) is 5.72 Å². The van der Waals surface area contributed by atoms with Crippen LogP contribution in [0.25, 0.3) is 16.6 Å². The smallest absolute Gasteiger partial charge is 0.283 e. The van der Waals surface area contributed by atoms with Crippen molar-refractivity contribution in [1.82, 2.24) is 20.1 Å². The first-order valence-electron chi connectivity index (χ1n) is 11.7. The third-order valence-corrected chi connectivity index (χ3v) is 7.02. The van der Waals surface area contributed by atoms with Crippen molar-refractivity contribution in [2.45, 2.75) is 26.0 Å². The third kappa shape index (κ3) is 4.90. The molecule has 0 saturated heterocycles. The van der Waals surface area contributed by atoms with E-state index in [0.29, 0.717) is 22.9 Å². The van der Waals surface area contributed by atoms with E-state index in [2.05, 4.69) is 15.4 Å². The number of carbonyl (C=O) groups excluding carboxylic acids is 1. The highest BCUT2D eigenvalue weighted by atomic mass is 32.1. The molecule has 2 aromatic heterocycles. The maximum atomic E-state index is 13.4. The Bertz CT molecular complexity index is 1560. The van der Waals surface area contributed by atoms with Crippen LogP contribution >= 0.6 is 11.3 Å². The first-order valence-corrected chi connectivity index (χ1v) is 12.6. The highest BCUT2D eigenvalue weighted by Gasteiger charge is 2.36. The fourth-order valence-electron chi connectivity index (χ4n) is 4.15.